The molecule has 0 radical (unpaired) electrons. The van der Waals surface area contributed by atoms with E-state index in [4.69, 9.17) is 63.7 Å². The van der Waals surface area contributed by atoms with Crippen LogP contribution in [0.3, 0.4) is 0 Å². The van der Waals surface area contributed by atoms with Gasteiger partial charge in [-0.2, -0.15) is 10.4 Å². The van der Waals surface area contributed by atoms with E-state index < -0.39 is 5.91 Å². The van der Waals surface area contributed by atoms with Crippen LogP contribution >= 0.6 is 58.0 Å². The van der Waals surface area contributed by atoms with E-state index in [0.29, 0.717) is 137 Å². The summed E-state index contributed by atoms with van der Waals surface area (Å²) in [4.78, 5) is 122. The SMILES string of the molecule is CNC(=O)c1c[nH]c2ncnc(N[C@@H](C)c3cc4cccc(Cl)c4c(=O)n3-c3ccccc3)c12.C[C@H](Nc1ncnc2[nH]cc(C#N)c12)c1cc2cccc(Cl)c2c(=O)n1-c1ccccc1.C[C@H](Nc1ncnc2[nH]cc(C(N)=O)c12)c1cc2cccc(Cl)c2c(=O)n1-c1ccccc1.C[C@H](Nc1ncnc2n[nH]c(Cl)c12)c1cc2cccc(Cl)c2c(=O)n1-c1ccccc1. The van der Waals surface area contributed by atoms with Crippen LogP contribution in [0, 0.1) is 11.3 Å². The Balaban J connectivity index is 0.000000122. The minimum atomic E-state index is -0.590. The van der Waals surface area contributed by atoms with Gasteiger partial charge in [0.1, 0.15) is 82.1 Å². The van der Waals surface area contributed by atoms with Gasteiger partial charge in [-0.3, -0.25) is 52.1 Å². The number of carbonyl (C=O) groups excluding carboxylic acids is 2. The van der Waals surface area contributed by atoms with Crippen molar-refractivity contribution in [2.24, 2.45) is 5.73 Å². The number of aromatic nitrogens is 17. The molecule has 0 spiro atoms. The Morgan fingerprint density at radius 2 is 0.677 bits per heavy atom. The maximum Gasteiger partial charge on any atom is 0.264 e. The number of anilines is 4. The largest absolute Gasteiger partial charge is 0.366 e. The number of para-hydroxylation sites is 4. The first-order valence-electron chi connectivity index (χ1n) is 40.4. The van der Waals surface area contributed by atoms with Gasteiger partial charge in [0.25, 0.3) is 34.1 Å². The molecule has 12 heterocycles. The molecule has 0 aliphatic rings. The number of fused-ring (bicyclic) bond motifs is 8. The van der Waals surface area contributed by atoms with Crippen LogP contribution in [0.2, 0.25) is 25.2 Å². The Bertz CT molecular complexity index is 8100. The van der Waals surface area contributed by atoms with Gasteiger partial charge in [0, 0.05) is 71.2 Å². The van der Waals surface area contributed by atoms with E-state index in [2.05, 4.69) is 97.7 Å². The van der Waals surface area contributed by atoms with Gasteiger partial charge in [0.2, 0.25) is 0 Å². The van der Waals surface area contributed by atoms with Crippen molar-refractivity contribution in [1.82, 2.24) is 88.6 Å². The summed E-state index contributed by atoms with van der Waals surface area (Å²) in [6.07, 6.45) is 10.4. The summed E-state index contributed by atoms with van der Waals surface area (Å²) in [5.41, 5.74) is 13.7. The Morgan fingerprint density at radius 3 is 1.01 bits per heavy atom. The first kappa shape index (κ1) is 86.2. The van der Waals surface area contributed by atoms with Gasteiger partial charge in [-0.1, -0.05) is 179 Å². The third kappa shape index (κ3) is 16.7. The number of benzene rings is 8. The zero-order valence-electron chi connectivity index (χ0n) is 69.3. The molecule has 130 heavy (non-hydrogen) atoms. The van der Waals surface area contributed by atoms with Crippen LogP contribution in [0.25, 0.3) is 110 Å². The highest BCUT2D eigenvalue weighted by Crippen LogP contribution is 2.37. The Kier molecular flexibility index (Phi) is 24.5. The number of hydrogen-bond acceptors (Lipinski definition) is 20. The second kappa shape index (κ2) is 37.0. The molecule has 0 aliphatic carbocycles. The van der Waals surface area contributed by atoms with Crippen molar-refractivity contribution in [3.05, 3.63) is 368 Å². The first-order valence-corrected chi connectivity index (χ1v) is 42.3. The molecule has 0 bridgehead atoms. The summed E-state index contributed by atoms with van der Waals surface area (Å²) in [7, 11) is 1.57. The third-order valence-electron chi connectivity index (χ3n) is 21.9. The van der Waals surface area contributed by atoms with Crippen LogP contribution in [-0.4, -0.2) is 102 Å². The molecule has 20 rings (SSSR count). The van der Waals surface area contributed by atoms with Gasteiger partial charge < -0.3 is 47.3 Å². The fourth-order valence-electron chi connectivity index (χ4n) is 15.9. The lowest BCUT2D eigenvalue weighted by Crippen LogP contribution is -2.26. The van der Waals surface area contributed by atoms with Crippen molar-refractivity contribution in [1.29, 1.82) is 5.26 Å². The molecular weight excluding hydrogens is 1750 g/mol. The highest BCUT2D eigenvalue weighted by molar-refractivity contribution is 6.37. The summed E-state index contributed by atoms with van der Waals surface area (Å²) in [5, 5.41) is 41.4. The number of rotatable bonds is 18. The van der Waals surface area contributed by atoms with Gasteiger partial charge in [0.15, 0.2) is 5.65 Å². The molecule has 0 saturated heterocycles. The van der Waals surface area contributed by atoms with E-state index in [0.717, 1.165) is 55.7 Å². The third-order valence-corrected chi connectivity index (χ3v) is 23.4. The molecule has 0 saturated carbocycles. The van der Waals surface area contributed by atoms with Crippen molar-refractivity contribution in [2.75, 3.05) is 28.3 Å². The van der Waals surface area contributed by atoms with E-state index in [9.17, 15) is 34.0 Å². The summed E-state index contributed by atoms with van der Waals surface area (Å²) in [6, 6.07) is 67.8. The van der Waals surface area contributed by atoms with Crippen molar-refractivity contribution < 1.29 is 9.59 Å². The van der Waals surface area contributed by atoms with Crippen LogP contribution in [0.5, 0.6) is 0 Å². The summed E-state index contributed by atoms with van der Waals surface area (Å²) < 4.78 is 6.62. The van der Waals surface area contributed by atoms with E-state index in [1.807, 2.05) is 222 Å². The zero-order chi connectivity index (χ0) is 90.7. The summed E-state index contributed by atoms with van der Waals surface area (Å²) in [5.74, 6) is 1.11. The molecule has 4 atom stereocenters. The standard InChI is InChI=1S/C25H21ClN6O2.C24H19ClN6O2.C24H17ClN6O.C22H16Cl2N6O/c1-14(31-23-21-17(24(33)27-2)12-28-22(21)29-13-30-23)19-11-15-7-6-10-18(26)20(15)25(34)32(19)16-8-4-3-5-9-16;1-13(30-23-20-16(21(26)32)11-27-22(20)28-12-29-23)18-10-14-6-5-9-17(25)19(14)24(33)31(18)15-7-3-2-4-8-15;1-14(30-23-21-16(11-26)12-27-22(21)28-13-29-23)19-10-15-6-5-9-18(25)20(15)24(32)31(19)17-7-3-2-4-8-17;1-12(27-20-18-19(24)28-29-21(18)26-11-25-20)16-10-13-6-5-9-15(23)17(13)22(31)30(16)14-7-3-2-4-8-14/h3-14H,1-2H3,(H,27,33)(H2,28,29,30,31);2-13H,1H3,(H2,26,32)(H2,27,28,29,30);2-10,12-14H,1H3,(H2,27,28,29,30);2-12H,1H3,(H2,25,26,27,28,29)/t14-;13-;14-;12-/m0000/s1. The second-order valence-electron chi connectivity index (χ2n) is 29.9. The predicted molar refractivity (Wildman–Crippen MR) is 511 cm³/mol. The molecular formula is C95H73Cl5N24O6. The number of carbonyl (C=O) groups is 2. The average Bonchev–Trinajstić information content (AvgIpc) is 1.33. The van der Waals surface area contributed by atoms with Gasteiger partial charge in [0.05, 0.1) is 98.7 Å². The van der Waals surface area contributed by atoms with E-state index in [1.54, 1.807) is 62.0 Å². The van der Waals surface area contributed by atoms with Gasteiger partial charge in [-0.15, -0.1) is 0 Å². The number of primary amides is 1. The quantitative estimate of drug-likeness (QED) is 0.0381. The Labute approximate surface area is 761 Å². The van der Waals surface area contributed by atoms with Gasteiger partial charge in [-0.05, 0) is 146 Å². The number of H-pyrrole nitrogens is 4. The topological polar surface area (TPSA) is 411 Å². The van der Waals surface area contributed by atoms with Crippen LogP contribution in [-0.2, 0) is 0 Å². The van der Waals surface area contributed by atoms with E-state index in [-0.39, 0.29) is 57.9 Å². The molecule has 11 N–H and O–H groups in total. The number of nitrogens with two attached hydrogens (primary N) is 1. The zero-order valence-corrected chi connectivity index (χ0v) is 73.1. The number of nitrogens with one attached hydrogen (secondary N) is 9. The number of halogens is 5. The second-order valence-corrected chi connectivity index (χ2v) is 31.9. The molecule has 12 aromatic heterocycles. The molecule has 20 aromatic rings. The molecule has 0 aliphatic heterocycles. The Morgan fingerprint density at radius 1 is 0.377 bits per heavy atom. The highest BCUT2D eigenvalue weighted by atomic mass is 35.5. The van der Waals surface area contributed by atoms with Crippen LogP contribution in [0.15, 0.2) is 281 Å². The van der Waals surface area contributed by atoms with Crippen molar-refractivity contribution >= 4 is 180 Å². The Hall–Kier alpha value is -15.9. The molecule has 0 unspecified atom stereocenters. The molecule has 35 heteroatoms. The average molecular weight is 1820 g/mol. The van der Waals surface area contributed by atoms with Crippen molar-refractivity contribution in [2.45, 2.75) is 51.9 Å². The van der Waals surface area contributed by atoms with Crippen molar-refractivity contribution in [3.63, 3.8) is 0 Å². The van der Waals surface area contributed by atoms with Crippen LogP contribution < -0.4 is 54.6 Å². The van der Waals surface area contributed by atoms with Gasteiger partial charge in [-0.25, -0.2) is 39.9 Å². The monoisotopic (exact) mass is 1820 g/mol. The number of pyridine rings is 4. The van der Waals surface area contributed by atoms with E-state index >= 15 is 0 Å². The summed E-state index contributed by atoms with van der Waals surface area (Å²) in [6.45, 7) is 7.74. The number of hydrogen-bond donors (Lipinski definition) is 10. The van der Waals surface area contributed by atoms with Gasteiger partial charge >= 0.3 is 0 Å². The minimum Gasteiger partial charge on any atom is -0.366 e. The molecule has 30 nitrogen and oxygen atoms in total. The number of aromatic amines is 4. The molecule has 644 valence electrons. The van der Waals surface area contributed by atoms with E-state index in [1.165, 1.54) is 31.5 Å². The molecule has 8 aromatic carbocycles. The minimum absolute atomic E-state index is 0.188. The summed E-state index contributed by atoms with van der Waals surface area (Å²) >= 11 is 31.8. The molecule has 2 amide bonds. The first-order chi connectivity index (χ1) is 63.1. The fourth-order valence-corrected chi connectivity index (χ4v) is 17.1. The predicted octanol–water partition coefficient (Wildman–Crippen LogP) is 18.7. The van der Waals surface area contributed by atoms with Crippen molar-refractivity contribution in [3.8, 4) is 28.8 Å². The number of nitriles is 1. The maximum atomic E-state index is 13.6. The lowest BCUT2D eigenvalue weighted by atomic mass is 10.1. The van der Waals surface area contributed by atoms with Crippen LogP contribution in [0.4, 0.5) is 23.3 Å². The normalized spacial score (nSPS) is 12.2. The lowest BCUT2D eigenvalue weighted by Gasteiger charge is -2.22. The van der Waals surface area contributed by atoms with Crippen LogP contribution in [0.1, 0.15) is 101 Å². The maximum absolute atomic E-state index is 13.6. The lowest BCUT2D eigenvalue weighted by molar-refractivity contribution is 0.0963. The number of nitrogens with zero attached hydrogens (tertiary/aromatic N) is 14. The smallest absolute Gasteiger partial charge is 0.264 e. The highest BCUT2D eigenvalue weighted by Gasteiger charge is 2.28. The fraction of sp³-hybridized carbons (Fsp3) is 0.0947. The molecule has 0 fully saturated rings. The number of amides is 2.